The van der Waals surface area contributed by atoms with Crippen molar-refractivity contribution in [3.05, 3.63) is 90.3 Å². The molecule has 0 radical (unpaired) electrons. The van der Waals surface area contributed by atoms with Gasteiger partial charge in [-0.05, 0) is 55.0 Å². The van der Waals surface area contributed by atoms with Crippen LogP contribution in [0.4, 0.5) is 0 Å². The van der Waals surface area contributed by atoms with E-state index in [4.69, 9.17) is 4.74 Å². The molecule has 0 bridgehead atoms. The fraction of sp³-hybridized carbons (Fsp3) is 0.0952. The van der Waals surface area contributed by atoms with Gasteiger partial charge in [-0.3, -0.25) is 4.79 Å². The third-order valence-electron chi connectivity index (χ3n) is 3.65. The quantitative estimate of drug-likeness (QED) is 0.484. The third-order valence-corrected chi connectivity index (χ3v) is 3.65. The van der Waals surface area contributed by atoms with Crippen LogP contribution in [0.15, 0.2) is 79.1 Å². The molecule has 0 saturated heterocycles. The first-order valence-corrected chi connectivity index (χ1v) is 7.95. The van der Waals surface area contributed by atoms with Crippen molar-refractivity contribution in [2.75, 3.05) is 6.61 Å². The van der Waals surface area contributed by atoms with Gasteiger partial charge >= 0.3 is 0 Å². The summed E-state index contributed by atoms with van der Waals surface area (Å²) in [6, 6.07) is 19.2. The molecule has 0 fully saturated rings. The molecule has 120 valence electrons. The van der Waals surface area contributed by atoms with E-state index >= 15 is 0 Å². The van der Waals surface area contributed by atoms with Crippen LogP contribution in [-0.2, 0) is 0 Å². The molecule has 0 aliphatic heterocycles. The lowest BCUT2D eigenvalue weighted by Gasteiger charge is -2.04. The van der Waals surface area contributed by atoms with Crippen LogP contribution in [0.3, 0.4) is 0 Å². The van der Waals surface area contributed by atoms with Crippen molar-refractivity contribution in [1.29, 1.82) is 0 Å². The average Bonchev–Trinajstić information content (AvgIpc) is 3.16. The molecule has 0 spiro atoms. The summed E-state index contributed by atoms with van der Waals surface area (Å²) in [7, 11) is 0. The maximum absolute atomic E-state index is 12.4. The minimum Gasteiger partial charge on any atom is -0.494 e. The summed E-state index contributed by atoms with van der Waals surface area (Å²) in [5, 5.41) is 0. The minimum atomic E-state index is -0.0158. The number of carbonyl (C=O) groups excluding carboxylic acids is 1. The van der Waals surface area contributed by atoms with Crippen LogP contribution < -0.4 is 4.74 Å². The Balaban J connectivity index is 1.73. The molecule has 3 rings (SSSR count). The SMILES string of the molecule is CCOc1ccc(/C=C/C(=O)c2cccc(-n3cccc3)c2)cc1. The lowest BCUT2D eigenvalue weighted by Crippen LogP contribution is -1.97. The number of nitrogens with zero attached hydrogens (tertiary/aromatic N) is 1. The zero-order valence-electron chi connectivity index (χ0n) is 13.6. The Hall–Kier alpha value is -3.07. The molecule has 3 aromatic rings. The molecule has 1 heterocycles. The number of hydrogen-bond donors (Lipinski definition) is 0. The highest BCUT2D eigenvalue weighted by atomic mass is 16.5. The van der Waals surface area contributed by atoms with Gasteiger partial charge in [-0.2, -0.15) is 0 Å². The van der Waals surface area contributed by atoms with Crippen molar-refractivity contribution >= 4 is 11.9 Å². The van der Waals surface area contributed by atoms with Gasteiger partial charge in [0.1, 0.15) is 5.75 Å². The van der Waals surface area contributed by atoms with Crippen LogP contribution in [0.1, 0.15) is 22.8 Å². The molecule has 24 heavy (non-hydrogen) atoms. The van der Waals surface area contributed by atoms with Crippen LogP contribution in [0.25, 0.3) is 11.8 Å². The maximum Gasteiger partial charge on any atom is 0.185 e. The van der Waals surface area contributed by atoms with Crippen LogP contribution in [0.5, 0.6) is 5.75 Å². The largest absolute Gasteiger partial charge is 0.494 e. The van der Waals surface area contributed by atoms with Crippen molar-refractivity contribution in [3.63, 3.8) is 0 Å². The van der Waals surface area contributed by atoms with Gasteiger partial charge in [0, 0.05) is 23.6 Å². The Bertz CT molecular complexity index is 831. The molecular weight excluding hydrogens is 298 g/mol. The van der Waals surface area contributed by atoms with E-state index in [0.717, 1.165) is 17.0 Å². The number of rotatable bonds is 6. The Labute approximate surface area is 141 Å². The third kappa shape index (κ3) is 3.82. The van der Waals surface area contributed by atoms with Gasteiger partial charge < -0.3 is 9.30 Å². The van der Waals surface area contributed by atoms with E-state index in [1.165, 1.54) is 0 Å². The highest BCUT2D eigenvalue weighted by Gasteiger charge is 2.04. The molecule has 0 saturated carbocycles. The number of benzene rings is 2. The van der Waals surface area contributed by atoms with E-state index in [1.54, 1.807) is 6.08 Å². The molecule has 2 aromatic carbocycles. The minimum absolute atomic E-state index is 0.0158. The van der Waals surface area contributed by atoms with Gasteiger partial charge in [-0.1, -0.05) is 30.3 Å². The summed E-state index contributed by atoms with van der Waals surface area (Å²) >= 11 is 0. The highest BCUT2D eigenvalue weighted by Crippen LogP contribution is 2.15. The molecule has 0 N–H and O–H groups in total. The van der Waals surface area contributed by atoms with Gasteiger partial charge in [0.15, 0.2) is 5.78 Å². The molecule has 0 amide bonds. The Morgan fingerprint density at radius 3 is 2.50 bits per heavy atom. The summed E-state index contributed by atoms with van der Waals surface area (Å²) in [6.45, 7) is 2.60. The fourth-order valence-corrected chi connectivity index (χ4v) is 2.44. The summed E-state index contributed by atoms with van der Waals surface area (Å²) < 4.78 is 7.39. The Kier molecular flexibility index (Phi) is 4.92. The number of allylic oxidation sites excluding steroid dienone is 1. The van der Waals surface area contributed by atoms with Crippen molar-refractivity contribution in [2.45, 2.75) is 6.92 Å². The average molecular weight is 317 g/mol. The van der Waals surface area contributed by atoms with Crippen LogP contribution >= 0.6 is 0 Å². The molecule has 1 aromatic heterocycles. The molecule has 0 atom stereocenters. The molecule has 0 aliphatic carbocycles. The first-order valence-electron chi connectivity index (χ1n) is 7.95. The van der Waals surface area contributed by atoms with E-state index < -0.39 is 0 Å². The van der Waals surface area contributed by atoms with E-state index in [-0.39, 0.29) is 5.78 Å². The number of carbonyl (C=O) groups is 1. The molecule has 3 nitrogen and oxygen atoms in total. The van der Waals surface area contributed by atoms with E-state index in [0.29, 0.717) is 12.2 Å². The molecular formula is C21H19NO2. The van der Waals surface area contributed by atoms with E-state index in [9.17, 15) is 4.79 Å². The lowest BCUT2D eigenvalue weighted by atomic mass is 10.1. The number of aromatic nitrogens is 1. The van der Waals surface area contributed by atoms with Crippen molar-refractivity contribution in [1.82, 2.24) is 4.57 Å². The topological polar surface area (TPSA) is 31.2 Å². The fourth-order valence-electron chi connectivity index (χ4n) is 2.44. The maximum atomic E-state index is 12.4. The van der Waals surface area contributed by atoms with Crippen molar-refractivity contribution in [2.24, 2.45) is 0 Å². The van der Waals surface area contributed by atoms with Gasteiger partial charge in [-0.15, -0.1) is 0 Å². The summed E-state index contributed by atoms with van der Waals surface area (Å²) in [6.07, 6.45) is 7.34. The van der Waals surface area contributed by atoms with Crippen LogP contribution in [0.2, 0.25) is 0 Å². The van der Waals surface area contributed by atoms with Crippen molar-refractivity contribution < 1.29 is 9.53 Å². The lowest BCUT2D eigenvalue weighted by molar-refractivity contribution is 0.104. The zero-order valence-corrected chi connectivity index (χ0v) is 13.6. The summed E-state index contributed by atoms with van der Waals surface area (Å²) in [5.41, 5.74) is 2.61. The second-order valence-electron chi connectivity index (χ2n) is 5.34. The standard InChI is InChI=1S/C21H19NO2/c1-2-24-20-11-8-17(9-12-20)10-13-21(23)18-6-5-7-19(16-18)22-14-3-4-15-22/h3-16H,2H2,1H3/b13-10+. The van der Waals surface area contributed by atoms with Gasteiger partial charge in [0.2, 0.25) is 0 Å². The molecule has 0 unspecified atom stereocenters. The van der Waals surface area contributed by atoms with Crippen LogP contribution in [-0.4, -0.2) is 17.0 Å². The Morgan fingerprint density at radius 2 is 1.79 bits per heavy atom. The van der Waals surface area contributed by atoms with Crippen molar-refractivity contribution in [3.8, 4) is 11.4 Å². The van der Waals surface area contributed by atoms with Gasteiger partial charge in [0.05, 0.1) is 6.61 Å². The first-order chi connectivity index (χ1) is 11.8. The smallest absolute Gasteiger partial charge is 0.185 e. The molecule has 0 aliphatic rings. The second-order valence-corrected chi connectivity index (χ2v) is 5.34. The van der Waals surface area contributed by atoms with Gasteiger partial charge in [0.25, 0.3) is 0 Å². The summed E-state index contributed by atoms with van der Waals surface area (Å²) in [5.74, 6) is 0.818. The van der Waals surface area contributed by atoms with E-state index in [1.807, 2.05) is 90.6 Å². The van der Waals surface area contributed by atoms with E-state index in [2.05, 4.69) is 0 Å². The Morgan fingerprint density at radius 1 is 1.04 bits per heavy atom. The predicted octanol–water partition coefficient (Wildman–Crippen LogP) is 4.77. The monoisotopic (exact) mass is 317 g/mol. The normalized spacial score (nSPS) is 10.9. The summed E-state index contributed by atoms with van der Waals surface area (Å²) in [4.78, 5) is 12.4. The van der Waals surface area contributed by atoms with Crippen LogP contribution in [0, 0.1) is 0 Å². The second kappa shape index (κ2) is 7.47. The number of ether oxygens (including phenoxy) is 1. The molecule has 3 heteroatoms. The zero-order chi connectivity index (χ0) is 16.8. The number of ketones is 1. The number of hydrogen-bond acceptors (Lipinski definition) is 2. The first kappa shape index (κ1) is 15.8. The predicted molar refractivity (Wildman–Crippen MR) is 96.7 cm³/mol. The highest BCUT2D eigenvalue weighted by molar-refractivity contribution is 6.07. The van der Waals surface area contributed by atoms with Gasteiger partial charge in [-0.25, -0.2) is 0 Å².